The average molecular weight is 279 g/mol. The topological polar surface area (TPSA) is 83.5 Å². The third-order valence-electron chi connectivity index (χ3n) is 2.14. The van der Waals surface area contributed by atoms with Gasteiger partial charge in [0, 0.05) is 6.08 Å². The quantitative estimate of drug-likeness (QED) is 0.624. The van der Waals surface area contributed by atoms with Crippen LogP contribution in [0.1, 0.15) is 12.5 Å². The first kappa shape index (κ1) is 15.0. The summed E-state index contributed by atoms with van der Waals surface area (Å²) >= 11 is 0. The Hall–Kier alpha value is -2.10. The maximum Gasteiger partial charge on any atom is 0.328 e. The largest absolute Gasteiger partial charge is 0.478 e. The molecule has 0 aromatic heterocycles. The molecule has 0 atom stereocenters. The number of aliphatic carboxylic acids is 1. The van der Waals surface area contributed by atoms with Gasteiger partial charge in [0.1, 0.15) is 0 Å². The van der Waals surface area contributed by atoms with Crippen LogP contribution in [0.3, 0.4) is 0 Å². The van der Waals surface area contributed by atoms with E-state index in [0.717, 1.165) is 6.08 Å². The fraction of sp³-hybridized carbons (Fsp3) is 0.154. The standard InChI is InChI=1S/C13H13NO4S/c1-2-3-10-14-19(17,18)12-7-4-11(5-8-12)6-9-13(15)16/h4-9,14H,10H2,1H3,(H,15,16)/b9-6+. The van der Waals surface area contributed by atoms with E-state index in [1.54, 1.807) is 6.92 Å². The normalized spacial score (nSPS) is 11.0. The number of carboxylic acid groups (broad SMARTS) is 1. The highest BCUT2D eigenvalue weighted by atomic mass is 32.2. The molecule has 0 fully saturated rings. The molecule has 100 valence electrons. The summed E-state index contributed by atoms with van der Waals surface area (Å²) in [6, 6.07) is 5.87. The maximum absolute atomic E-state index is 11.8. The van der Waals surface area contributed by atoms with Crippen LogP contribution in [-0.4, -0.2) is 26.0 Å². The van der Waals surface area contributed by atoms with Crippen molar-refractivity contribution in [1.82, 2.24) is 4.72 Å². The SMILES string of the molecule is CC#CCNS(=O)(=O)c1ccc(/C=C/C(=O)O)cc1. The molecule has 1 aromatic carbocycles. The lowest BCUT2D eigenvalue weighted by molar-refractivity contribution is -0.131. The van der Waals surface area contributed by atoms with E-state index in [-0.39, 0.29) is 11.4 Å². The van der Waals surface area contributed by atoms with Crippen molar-refractivity contribution in [1.29, 1.82) is 0 Å². The van der Waals surface area contributed by atoms with E-state index in [4.69, 9.17) is 5.11 Å². The van der Waals surface area contributed by atoms with E-state index in [0.29, 0.717) is 5.56 Å². The highest BCUT2D eigenvalue weighted by Gasteiger charge is 2.11. The number of hydrogen-bond acceptors (Lipinski definition) is 3. The first-order valence-electron chi connectivity index (χ1n) is 5.36. The van der Waals surface area contributed by atoms with Crippen LogP contribution in [0.4, 0.5) is 0 Å². The van der Waals surface area contributed by atoms with Crippen molar-refractivity contribution < 1.29 is 18.3 Å². The summed E-state index contributed by atoms with van der Waals surface area (Å²) in [5.74, 6) is 4.13. The lowest BCUT2D eigenvalue weighted by Gasteiger charge is -2.04. The average Bonchev–Trinajstić information content (AvgIpc) is 2.37. The van der Waals surface area contributed by atoms with Crippen molar-refractivity contribution >= 4 is 22.1 Å². The van der Waals surface area contributed by atoms with Gasteiger partial charge in [-0.2, -0.15) is 4.72 Å². The van der Waals surface area contributed by atoms with Gasteiger partial charge in [-0.1, -0.05) is 18.1 Å². The molecule has 0 bridgehead atoms. The van der Waals surface area contributed by atoms with Crippen molar-refractivity contribution in [3.63, 3.8) is 0 Å². The van der Waals surface area contributed by atoms with E-state index in [9.17, 15) is 13.2 Å². The summed E-state index contributed by atoms with van der Waals surface area (Å²) in [5, 5.41) is 8.47. The van der Waals surface area contributed by atoms with Crippen molar-refractivity contribution in [2.24, 2.45) is 0 Å². The monoisotopic (exact) mass is 279 g/mol. The Morgan fingerprint density at radius 3 is 2.53 bits per heavy atom. The van der Waals surface area contributed by atoms with E-state index in [2.05, 4.69) is 16.6 Å². The fourth-order valence-corrected chi connectivity index (χ4v) is 2.15. The third kappa shape index (κ3) is 4.95. The van der Waals surface area contributed by atoms with Crippen LogP contribution in [0.5, 0.6) is 0 Å². The number of hydrogen-bond donors (Lipinski definition) is 2. The summed E-state index contributed by atoms with van der Waals surface area (Å²) < 4.78 is 25.9. The van der Waals surface area contributed by atoms with Crippen molar-refractivity contribution in [2.45, 2.75) is 11.8 Å². The van der Waals surface area contributed by atoms with E-state index in [1.165, 1.54) is 30.3 Å². The summed E-state index contributed by atoms with van der Waals surface area (Å²) in [7, 11) is -3.57. The van der Waals surface area contributed by atoms with Gasteiger partial charge in [0.2, 0.25) is 10.0 Å². The van der Waals surface area contributed by atoms with Gasteiger partial charge in [0.15, 0.2) is 0 Å². The van der Waals surface area contributed by atoms with Gasteiger partial charge in [0.25, 0.3) is 0 Å². The van der Waals surface area contributed by atoms with Crippen LogP contribution in [0.25, 0.3) is 6.08 Å². The molecule has 1 rings (SSSR count). The predicted molar refractivity (Wildman–Crippen MR) is 71.8 cm³/mol. The molecular weight excluding hydrogens is 266 g/mol. The number of sulfonamides is 1. The molecule has 19 heavy (non-hydrogen) atoms. The Labute approximate surface area is 112 Å². The highest BCUT2D eigenvalue weighted by Crippen LogP contribution is 2.11. The fourth-order valence-electron chi connectivity index (χ4n) is 1.23. The van der Waals surface area contributed by atoms with Gasteiger partial charge < -0.3 is 5.11 Å². The van der Waals surface area contributed by atoms with Gasteiger partial charge in [-0.05, 0) is 30.7 Å². The van der Waals surface area contributed by atoms with Gasteiger partial charge in [-0.25, -0.2) is 13.2 Å². The van der Waals surface area contributed by atoms with Crippen LogP contribution in [0.2, 0.25) is 0 Å². The van der Waals surface area contributed by atoms with Crippen molar-refractivity contribution in [2.75, 3.05) is 6.54 Å². The van der Waals surface area contributed by atoms with Gasteiger partial charge >= 0.3 is 5.97 Å². The molecule has 0 aliphatic rings. The Kier molecular flexibility index (Phi) is 5.30. The van der Waals surface area contributed by atoms with Crippen molar-refractivity contribution in [3.8, 4) is 11.8 Å². The predicted octanol–water partition coefficient (Wildman–Crippen LogP) is 1.09. The number of carbonyl (C=O) groups is 1. The Bertz CT molecular complexity index is 633. The molecule has 0 saturated heterocycles. The highest BCUT2D eigenvalue weighted by molar-refractivity contribution is 7.89. The molecule has 5 nitrogen and oxygen atoms in total. The minimum atomic E-state index is -3.57. The Morgan fingerprint density at radius 1 is 1.37 bits per heavy atom. The Morgan fingerprint density at radius 2 is 2.00 bits per heavy atom. The Balaban J connectivity index is 2.85. The molecule has 0 saturated carbocycles. The second-order valence-electron chi connectivity index (χ2n) is 3.49. The van der Waals surface area contributed by atoms with E-state index in [1.807, 2.05) is 0 Å². The van der Waals surface area contributed by atoms with Crippen molar-refractivity contribution in [3.05, 3.63) is 35.9 Å². The zero-order valence-corrected chi connectivity index (χ0v) is 11.1. The van der Waals surface area contributed by atoms with Crippen LogP contribution in [0, 0.1) is 11.8 Å². The van der Waals surface area contributed by atoms with E-state index >= 15 is 0 Å². The smallest absolute Gasteiger partial charge is 0.328 e. The lowest BCUT2D eigenvalue weighted by Crippen LogP contribution is -2.23. The molecule has 0 amide bonds. The molecule has 1 aromatic rings. The van der Waals surface area contributed by atoms with Gasteiger partial charge in [0.05, 0.1) is 11.4 Å². The minimum Gasteiger partial charge on any atom is -0.478 e. The second-order valence-corrected chi connectivity index (χ2v) is 5.26. The first-order chi connectivity index (χ1) is 8.95. The number of nitrogens with one attached hydrogen (secondary N) is 1. The molecule has 2 N–H and O–H groups in total. The second kappa shape index (κ2) is 6.73. The summed E-state index contributed by atoms with van der Waals surface area (Å²) in [5.41, 5.74) is 0.606. The summed E-state index contributed by atoms with van der Waals surface area (Å²) in [6.07, 6.45) is 2.37. The van der Waals surface area contributed by atoms with Crippen LogP contribution in [-0.2, 0) is 14.8 Å². The van der Waals surface area contributed by atoms with Crippen LogP contribution in [0.15, 0.2) is 35.2 Å². The molecule has 0 radical (unpaired) electrons. The molecule has 6 heteroatoms. The van der Waals surface area contributed by atoms with E-state index < -0.39 is 16.0 Å². The molecule has 0 unspecified atom stereocenters. The van der Waals surface area contributed by atoms with Crippen LogP contribution >= 0.6 is 0 Å². The molecule has 0 aliphatic heterocycles. The van der Waals surface area contributed by atoms with Crippen LogP contribution < -0.4 is 4.72 Å². The minimum absolute atomic E-state index is 0.0551. The third-order valence-corrected chi connectivity index (χ3v) is 3.55. The molecule has 0 heterocycles. The molecule has 0 spiro atoms. The van der Waals surface area contributed by atoms with Gasteiger partial charge in [-0.15, -0.1) is 5.92 Å². The molecular formula is C13H13NO4S. The first-order valence-corrected chi connectivity index (χ1v) is 6.84. The maximum atomic E-state index is 11.8. The summed E-state index contributed by atoms with van der Waals surface area (Å²) in [4.78, 5) is 10.4. The lowest BCUT2D eigenvalue weighted by atomic mass is 10.2. The number of carboxylic acids is 1. The summed E-state index contributed by atoms with van der Waals surface area (Å²) in [6.45, 7) is 1.68. The zero-order chi connectivity index (χ0) is 14.3. The number of rotatable bonds is 5. The number of benzene rings is 1. The van der Waals surface area contributed by atoms with Gasteiger partial charge in [-0.3, -0.25) is 0 Å². The molecule has 0 aliphatic carbocycles. The zero-order valence-electron chi connectivity index (χ0n) is 10.3.